The first-order valence-corrected chi connectivity index (χ1v) is 8.90. The first-order chi connectivity index (χ1) is 9.56. The summed E-state index contributed by atoms with van der Waals surface area (Å²) < 4.78 is 11.3. The van der Waals surface area contributed by atoms with E-state index in [1.807, 2.05) is 6.92 Å². The van der Waals surface area contributed by atoms with Crippen LogP contribution < -0.4 is 0 Å². The lowest BCUT2D eigenvalue weighted by molar-refractivity contribution is -0.134. The molecule has 0 radical (unpaired) electrons. The topological polar surface area (TPSA) is 55.8 Å². The van der Waals surface area contributed by atoms with Gasteiger partial charge in [0, 0.05) is 15.8 Å². The third-order valence-corrected chi connectivity index (χ3v) is 4.70. The van der Waals surface area contributed by atoms with Gasteiger partial charge in [-0.3, -0.25) is 0 Å². The summed E-state index contributed by atoms with van der Waals surface area (Å²) in [7, 11) is 0.827. The number of unbranched alkanes of at least 4 members (excludes halogenated alkanes) is 2. The molecule has 4 nitrogen and oxygen atoms in total. The highest BCUT2D eigenvalue weighted by atomic mass is 28.1. The van der Waals surface area contributed by atoms with Gasteiger partial charge < -0.3 is 14.6 Å². The molecule has 20 heavy (non-hydrogen) atoms. The summed E-state index contributed by atoms with van der Waals surface area (Å²) in [6.45, 7) is 7.42. The molecule has 0 aliphatic heterocycles. The first-order valence-electron chi connectivity index (χ1n) is 7.74. The van der Waals surface area contributed by atoms with E-state index in [-0.39, 0.29) is 5.54 Å². The lowest BCUT2D eigenvalue weighted by atomic mass is 10.1. The van der Waals surface area contributed by atoms with Crippen LogP contribution in [0.5, 0.6) is 0 Å². The zero-order valence-corrected chi connectivity index (χ0v) is 15.4. The molecule has 0 bridgehead atoms. The van der Waals surface area contributed by atoms with Crippen LogP contribution >= 0.6 is 0 Å². The molecule has 0 fully saturated rings. The van der Waals surface area contributed by atoms with Gasteiger partial charge in [-0.25, -0.2) is 4.79 Å². The first kappa shape index (κ1) is 19.3. The monoisotopic (exact) mass is 302 g/mol. The van der Waals surface area contributed by atoms with Crippen LogP contribution in [-0.2, 0) is 14.3 Å². The fourth-order valence-corrected chi connectivity index (χ4v) is 2.08. The molecule has 0 aromatic rings. The largest absolute Gasteiger partial charge is 0.478 e. The summed E-state index contributed by atoms with van der Waals surface area (Å²) >= 11 is 0. The smallest absolute Gasteiger partial charge is 0.331 e. The van der Waals surface area contributed by atoms with E-state index in [1.54, 1.807) is 6.08 Å². The van der Waals surface area contributed by atoms with Gasteiger partial charge in [0.05, 0.1) is 13.2 Å². The van der Waals surface area contributed by atoms with Crippen molar-refractivity contribution in [3.8, 4) is 0 Å². The van der Waals surface area contributed by atoms with E-state index in [9.17, 15) is 9.90 Å². The SMILES string of the molecule is CCCCOC(C=C(C(=O)O)C([SiH3])CC)OCCCC. The van der Waals surface area contributed by atoms with Crippen LogP contribution in [0.25, 0.3) is 0 Å². The number of carbonyl (C=O) groups is 1. The van der Waals surface area contributed by atoms with E-state index >= 15 is 0 Å². The molecule has 1 unspecified atom stereocenters. The van der Waals surface area contributed by atoms with E-state index in [0.29, 0.717) is 18.8 Å². The zero-order valence-electron chi connectivity index (χ0n) is 13.4. The molecule has 118 valence electrons. The molecule has 0 saturated carbocycles. The van der Waals surface area contributed by atoms with Crippen LogP contribution in [0.15, 0.2) is 11.6 Å². The average Bonchev–Trinajstić information content (AvgIpc) is 2.43. The Morgan fingerprint density at radius 3 is 2.00 bits per heavy atom. The van der Waals surface area contributed by atoms with E-state index < -0.39 is 12.3 Å². The van der Waals surface area contributed by atoms with Gasteiger partial charge in [0.15, 0.2) is 6.29 Å². The van der Waals surface area contributed by atoms with Crippen molar-refractivity contribution in [2.24, 2.45) is 0 Å². The number of aliphatic carboxylic acids is 1. The zero-order chi connectivity index (χ0) is 15.4. The van der Waals surface area contributed by atoms with Gasteiger partial charge in [-0.15, -0.1) is 0 Å². The lowest BCUT2D eigenvalue weighted by Crippen LogP contribution is -2.20. The summed E-state index contributed by atoms with van der Waals surface area (Å²) in [5.41, 5.74) is 0.580. The Morgan fingerprint density at radius 1 is 1.15 bits per heavy atom. The highest BCUT2D eigenvalue weighted by Crippen LogP contribution is 2.19. The molecule has 1 N–H and O–H groups in total. The number of rotatable bonds is 12. The predicted octanol–water partition coefficient (Wildman–Crippen LogP) is 2.52. The predicted molar refractivity (Wildman–Crippen MR) is 85.2 cm³/mol. The van der Waals surface area contributed by atoms with Crippen molar-refractivity contribution >= 4 is 16.2 Å². The summed E-state index contributed by atoms with van der Waals surface area (Å²) in [5, 5.41) is 9.31. The fraction of sp³-hybridized carbons (Fsp3) is 0.800. The average molecular weight is 302 g/mol. The normalized spacial score (nSPS) is 13.9. The molecule has 0 saturated heterocycles. The van der Waals surface area contributed by atoms with Crippen LogP contribution in [0.4, 0.5) is 0 Å². The molecule has 0 heterocycles. The minimum absolute atomic E-state index is 0.138. The number of hydrogen-bond acceptors (Lipinski definition) is 3. The quantitative estimate of drug-likeness (QED) is 0.260. The van der Waals surface area contributed by atoms with Crippen LogP contribution in [-0.4, -0.2) is 40.8 Å². The molecule has 0 spiro atoms. The molecule has 0 aliphatic carbocycles. The summed E-state index contributed by atoms with van der Waals surface area (Å²) in [5.74, 6) is -0.852. The van der Waals surface area contributed by atoms with Gasteiger partial charge in [0.1, 0.15) is 0 Å². The Kier molecular flexibility index (Phi) is 11.7. The molecule has 1 atom stereocenters. The highest BCUT2D eigenvalue weighted by molar-refractivity contribution is 6.17. The molecule has 0 amide bonds. The molecular formula is C15H30O4Si. The van der Waals surface area contributed by atoms with Crippen molar-refractivity contribution in [2.75, 3.05) is 13.2 Å². The standard InChI is InChI=1S/C15H30O4Si/c1-4-7-9-18-14(19-10-8-5-2)11-12(15(16)17)13(20)6-3/h11,13-14H,4-10H2,1-3,20H3,(H,16,17). The second kappa shape index (κ2) is 12.1. The fourth-order valence-electron chi connectivity index (χ4n) is 1.64. The minimum Gasteiger partial charge on any atom is -0.478 e. The Labute approximate surface area is 126 Å². The van der Waals surface area contributed by atoms with E-state index in [1.165, 1.54) is 0 Å². The van der Waals surface area contributed by atoms with Crippen molar-refractivity contribution in [1.29, 1.82) is 0 Å². The van der Waals surface area contributed by atoms with Gasteiger partial charge in [0.2, 0.25) is 0 Å². The van der Waals surface area contributed by atoms with Crippen molar-refractivity contribution in [1.82, 2.24) is 0 Å². The molecule has 0 aromatic carbocycles. The van der Waals surface area contributed by atoms with E-state index in [0.717, 1.165) is 42.3 Å². The Bertz CT molecular complexity index is 282. The third-order valence-electron chi connectivity index (χ3n) is 3.27. The number of carboxylic acid groups (broad SMARTS) is 1. The van der Waals surface area contributed by atoms with Gasteiger partial charge in [0.25, 0.3) is 0 Å². The van der Waals surface area contributed by atoms with Crippen LogP contribution in [0.2, 0.25) is 5.54 Å². The van der Waals surface area contributed by atoms with Crippen molar-refractivity contribution in [3.05, 3.63) is 11.6 Å². The van der Waals surface area contributed by atoms with Crippen LogP contribution in [0, 0.1) is 0 Å². The molecule has 0 rings (SSSR count). The molecule has 0 aliphatic rings. The van der Waals surface area contributed by atoms with Crippen LogP contribution in [0.1, 0.15) is 52.9 Å². The maximum atomic E-state index is 11.3. The van der Waals surface area contributed by atoms with Crippen LogP contribution in [0.3, 0.4) is 0 Å². The Hall–Kier alpha value is -0.653. The Balaban J connectivity index is 4.72. The van der Waals surface area contributed by atoms with Crippen molar-refractivity contribution in [3.63, 3.8) is 0 Å². The van der Waals surface area contributed by atoms with Gasteiger partial charge >= 0.3 is 5.97 Å². The maximum absolute atomic E-state index is 11.3. The molecule has 0 aromatic heterocycles. The van der Waals surface area contributed by atoms with Gasteiger partial charge in [-0.05, 0) is 24.5 Å². The second-order valence-corrected chi connectivity index (χ2v) is 6.45. The minimum atomic E-state index is -0.852. The van der Waals surface area contributed by atoms with Gasteiger partial charge in [-0.1, -0.05) is 40.0 Å². The van der Waals surface area contributed by atoms with Crippen molar-refractivity contribution < 1.29 is 19.4 Å². The number of carboxylic acids is 1. The number of hydrogen-bond donors (Lipinski definition) is 1. The Morgan fingerprint density at radius 2 is 1.65 bits per heavy atom. The maximum Gasteiger partial charge on any atom is 0.331 e. The van der Waals surface area contributed by atoms with E-state index in [2.05, 4.69) is 13.8 Å². The molecular weight excluding hydrogens is 272 g/mol. The summed E-state index contributed by atoms with van der Waals surface area (Å²) in [4.78, 5) is 11.3. The lowest BCUT2D eigenvalue weighted by Gasteiger charge is -2.18. The van der Waals surface area contributed by atoms with Crippen molar-refractivity contribution in [2.45, 2.75) is 64.7 Å². The second-order valence-electron chi connectivity index (χ2n) is 5.05. The van der Waals surface area contributed by atoms with Gasteiger partial charge in [-0.2, -0.15) is 0 Å². The third kappa shape index (κ3) is 8.50. The number of ether oxygens (including phenoxy) is 2. The van der Waals surface area contributed by atoms with E-state index in [4.69, 9.17) is 9.47 Å². The summed E-state index contributed by atoms with van der Waals surface area (Å²) in [6.07, 6.45) is 6.01. The summed E-state index contributed by atoms with van der Waals surface area (Å²) in [6, 6.07) is 0. The highest BCUT2D eigenvalue weighted by Gasteiger charge is 2.17. The molecule has 5 heteroatoms.